The highest BCUT2D eigenvalue weighted by Gasteiger charge is 2.19. The lowest BCUT2D eigenvalue weighted by molar-refractivity contribution is 0.102. The van der Waals surface area contributed by atoms with E-state index in [-0.39, 0.29) is 18.4 Å². The van der Waals surface area contributed by atoms with E-state index >= 15 is 0 Å². The van der Waals surface area contributed by atoms with E-state index in [1.807, 2.05) is 19.1 Å². The smallest absolute Gasteiger partial charge is 0.261 e. The van der Waals surface area contributed by atoms with Crippen molar-refractivity contribution in [1.82, 2.24) is 9.78 Å². The van der Waals surface area contributed by atoms with Crippen molar-refractivity contribution in [2.75, 3.05) is 29.9 Å². The molecule has 0 radical (unpaired) electrons. The second-order valence-corrected chi connectivity index (χ2v) is 7.10. The molecular formula is C20H28ClN5O2. The van der Waals surface area contributed by atoms with Crippen LogP contribution in [0.3, 0.4) is 0 Å². The number of aliphatic imine (C=N–C) groups is 1. The molecule has 152 valence electrons. The lowest BCUT2D eigenvalue weighted by Crippen LogP contribution is -2.27. The number of aliphatic hydroxyl groups is 1. The van der Waals surface area contributed by atoms with Crippen LogP contribution in [0.15, 0.2) is 29.4 Å². The highest BCUT2D eigenvalue weighted by atomic mass is 35.5. The van der Waals surface area contributed by atoms with Gasteiger partial charge in [-0.05, 0) is 44.4 Å². The molecule has 1 aromatic heterocycles. The summed E-state index contributed by atoms with van der Waals surface area (Å²) >= 11 is 6.19. The number of aryl methyl sites for hydroxylation is 1. The van der Waals surface area contributed by atoms with Crippen LogP contribution in [-0.4, -0.2) is 46.7 Å². The molecule has 8 heteroatoms. The van der Waals surface area contributed by atoms with Crippen LogP contribution >= 0.6 is 11.6 Å². The number of anilines is 2. The molecule has 2 aromatic rings. The number of aliphatic hydroxyl groups excluding tert-OH is 1. The molecule has 1 amide bonds. The molecule has 2 N–H and O–H groups in total. The molecule has 0 fully saturated rings. The maximum Gasteiger partial charge on any atom is 0.261 e. The van der Waals surface area contributed by atoms with E-state index in [0.717, 1.165) is 25.2 Å². The summed E-state index contributed by atoms with van der Waals surface area (Å²) in [7, 11) is 1.74. The van der Waals surface area contributed by atoms with E-state index in [1.165, 1.54) is 6.20 Å². The van der Waals surface area contributed by atoms with E-state index in [9.17, 15) is 9.90 Å². The van der Waals surface area contributed by atoms with Crippen molar-refractivity contribution in [1.29, 1.82) is 0 Å². The van der Waals surface area contributed by atoms with Crippen LogP contribution in [0.4, 0.5) is 17.2 Å². The summed E-state index contributed by atoms with van der Waals surface area (Å²) in [6.07, 6.45) is 3.97. The molecule has 0 aliphatic rings. The number of carbonyl (C=O) groups excluding carboxylic acids is 1. The van der Waals surface area contributed by atoms with Gasteiger partial charge in [-0.15, -0.1) is 0 Å². The van der Waals surface area contributed by atoms with Crippen LogP contribution < -0.4 is 10.2 Å². The average Bonchev–Trinajstić information content (AvgIpc) is 3.04. The number of benzene rings is 1. The molecule has 1 atom stereocenters. The quantitative estimate of drug-likeness (QED) is 0.620. The Kier molecular flexibility index (Phi) is 8.02. The lowest BCUT2D eigenvalue weighted by Gasteiger charge is -2.27. The van der Waals surface area contributed by atoms with Crippen molar-refractivity contribution in [3.63, 3.8) is 0 Å². The van der Waals surface area contributed by atoms with Gasteiger partial charge in [0.15, 0.2) is 5.82 Å². The maximum absolute atomic E-state index is 12.9. The van der Waals surface area contributed by atoms with E-state index in [1.54, 1.807) is 30.9 Å². The highest BCUT2D eigenvalue weighted by Crippen LogP contribution is 2.31. The number of rotatable bonds is 9. The Morgan fingerprint density at radius 3 is 2.89 bits per heavy atom. The number of nitrogens with zero attached hydrogens (tertiary/aromatic N) is 4. The van der Waals surface area contributed by atoms with Crippen LogP contribution in [0.25, 0.3) is 0 Å². The Morgan fingerprint density at radius 2 is 2.25 bits per heavy atom. The molecule has 0 saturated carbocycles. The van der Waals surface area contributed by atoms with Crippen molar-refractivity contribution in [2.45, 2.75) is 27.2 Å². The number of nitrogens with one attached hydrogen (secondary N) is 1. The van der Waals surface area contributed by atoms with E-state index in [2.05, 4.69) is 27.2 Å². The SMILES string of the molecule is CC=Nc1c(C(=O)Nc2cc(Cl)ccc2N(CC)CCC(C)CO)cnn1C. The molecule has 1 heterocycles. The fourth-order valence-corrected chi connectivity index (χ4v) is 3.03. The van der Waals surface area contributed by atoms with Crippen LogP contribution in [0, 0.1) is 5.92 Å². The number of amides is 1. The molecule has 7 nitrogen and oxygen atoms in total. The minimum Gasteiger partial charge on any atom is -0.396 e. The summed E-state index contributed by atoms with van der Waals surface area (Å²) in [6, 6.07) is 5.45. The van der Waals surface area contributed by atoms with Gasteiger partial charge in [-0.2, -0.15) is 5.10 Å². The standard InChI is InChI=1S/C20H28ClN5O2/c1-5-22-19-16(12-23-25(19)4)20(28)24-17-11-15(21)7-8-18(17)26(6-2)10-9-14(3)13-27/h5,7-8,11-12,14,27H,6,9-10,13H2,1-4H3,(H,24,28). The number of hydrogen-bond acceptors (Lipinski definition) is 5. The fourth-order valence-electron chi connectivity index (χ4n) is 2.86. The van der Waals surface area contributed by atoms with Gasteiger partial charge in [0.25, 0.3) is 5.91 Å². The number of halogens is 1. The molecule has 0 aliphatic carbocycles. The number of hydrogen-bond donors (Lipinski definition) is 2. The van der Waals surface area contributed by atoms with Gasteiger partial charge in [0.2, 0.25) is 0 Å². The molecule has 0 saturated heterocycles. The summed E-state index contributed by atoms with van der Waals surface area (Å²) in [6.45, 7) is 7.54. The topological polar surface area (TPSA) is 82.8 Å². The first-order valence-corrected chi connectivity index (χ1v) is 9.76. The van der Waals surface area contributed by atoms with Crippen molar-refractivity contribution in [3.05, 3.63) is 35.0 Å². The molecule has 0 spiro atoms. The van der Waals surface area contributed by atoms with Gasteiger partial charge in [0.1, 0.15) is 5.56 Å². The van der Waals surface area contributed by atoms with Gasteiger partial charge < -0.3 is 15.3 Å². The average molecular weight is 406 g/mol. The van der Waals surface area contributed by atoms with Gasteiger partial charge in [-0.1, -0.05) is 18.5 Å². The first-order valence-electron chi connectivity index (χ1n) is 9.38. The molecule has 28 heavy (non-hydrogen) atoms. The second-order valence-electron chi connectivity index (χ2n) is 6.66. The van der Waals surface area contributed by atoms with Gasteiger partial charge in [-0.25, -0.2) is 4.99 Å². The first-order chi connectivity index (χ1) is 13.4. The molecule has 1 unspecified atom stereocenters. The van der Waals surface area contributed by atoms with Crippen LogP contribution in [0.5, 0.6) is 0 Å². The predicted molar refractivity (Wildman–Crippen MR) is 115 cm³/mol. The summed E-state index contributed by atoms with van der Waals surface area (Å²) in [5, 5.41) is 16.9. The normalized spacial score (nSPS) is 12.4. The third-order valence-corrected chi connectivity index (χ3v) is 4.77. The Bertz CT molecular complexity index is 834. The fraction of sp³-hybridized carbons (Fsp3) is 0.450. The largest absolute Gasteiger partial charge is 0.396 e. The van der Waals surface area contributed by atoms with Crippen molar-refractivity contribution in [2.24, 2.45) is 18.0 Å². The van der Waals surface area contributed by atoms with Crippen LogP contribution in [0.2, 0.25) is 5.02 Å². The summed E-state index contributed by atoms with van der Waals surface area (Å²) in [4.78, 5) is 19.3. The molecule has 1 aromatic carbocycles. The summed E-state index contributed by atoms with van der Waals surface area (Å²) in [5.74, 6) is 0.411. The second kappa shape index (κ2) is 10.2. The van der Waals surface area contributed by atoms with Crippen molar-refractivity contribution >= 4 is 40.9 Å². The van der Waals surface area contributed by atoms with E-state index in [0.29, 0.717) is 22.1 Å². The zero-order chi connectivity index (χ0) is 20.7. The van der Waals surface area contributed by atoms with Crippen LogP contribution in [0.1, 0.15) is 37.6 Å². The first kappa shape index (κ1) is 21.9. The lowest BCUT2D eigenvalue weighted by atomic mass is 10.1. The Balaban J connectivity index is 2.30. The third-order valence-electron chi connectivity index (χ3n) is 4.54. The molecule has 0 bridgehead atoms. The Morgan fingerprint density at radius 1 is 1.50 bits per heavy atom. The van der Waals surface area contributed by atoms with E-state index in [4.69, 9.17) is 11.6 Å². The van der Waals surface area contributed by atoms with Crippen molar-refractivity contribution in [3.8, 4) is 0 Å². The van der Waals surface area contributed by atoms with Gasteiger partial charge in [0, 0.05) is 38.0 Å². The third kappa shape index (κ3) is 5.33. The molecule has 2 rings (SSSR count). The zero-order valence-corrected chi connectivity index (χ0v) is 17.6. The highest BCUT2D eigenvalue weighted by molar-refractivity contribution is 6.31. The monoisotopic (exact) mass is 405 g/mol. The van der Waals surface area contributed by atoms with Gasteiger partial charge >= 0.3 is 0 Å². The van der Waals surface area contributed by atoms with Crippen LogP contribution in [-0.2, 0) is 7.05 Å². The molecule has 0 aliphatic heterocycles. The number of aromatic nitrogens is 2. The van der Waals surface area contributed by atoms with E-state index < -0.39 is 0 Å². The number of carbonyl (C=O) groups is 1. The zero-order valence-electron chi connectivity index (χ0n) is 16.8. The minimum atomic E-state index is -0.294. The maximum atomic E-state index is 12.9. The summed E-state index contributed by atoms with van der Waals surface area (Å²) < 4.78 is 1.56. The summed E-state index contributed by atoms with van der Waals surface area (Å²) in [5.41, 5.74) is 1.91. The predicted octanol–water partition coefficient (Wildman–Crippen LogP) is 3.89. The minimum absolute atomic E-state index is 0.156. The molecular weight excluding hydrogens is 378 g/mol. The van der Waals surface area contributed by atoms with Gasteiger partial charge in [0.05, 0.1) is 17.6 Å². The Labute approximate surface area is 171 Å². The van der Waals surface area contributed by atoms with Gasteiger partial charge in [-0.3, -0.25) is 9.48 Å². The Hall–Kier alpha value is -2.38. The van der Waals surface area contributed by atoms with Crippen molar-refractivity contribution < 1.29 is 9.90 Å².